The van der Waals surface area contributed by atoms with Crippen LogP contribution in [0.1, 0.15) is 41.3 Å². The number of morpholine rings is 1. The van der Waals surface area contributed by atoms with Crippen LogP contribution in [0.2, 0.25) is 0 Å². The number of rotatable bonds is 7. The van der Waals surface area contributed by atoms with Gasteiger partial charge in [0.25, 0.3) is 5.91 Å². The van der Waals surface area contributed by atoms with Crippen LogP contribution in [0.4, 0.5) is 11.4 Å². The van der Waals surface area contributed by atoms with Gasteiger partial charge < -0.3 is 15.0 Å². The quantitative estimate of drug-likeness (QED) is 0.667. The predicted molar refractivity (Wildman–Crippen MR) is 129 cm³/mol. The standard InChI is InChI=1S/C24H31N3O5S/c1-17(2)21-7-5-6-18(3)23(21)25-22(28)16-27(33(4,30)31)20-10-8-19(9-11-20)24(29)26-12-14-32-15-13-26/h5-11,17H,12-16H2,1-4H3,(H,25,28). The number of para-hydroxylation sites is 1. The van der Waals surface area contributed by atoms with Crippen molar-refractivity contribution < 1.29 is 22.7 Å². The molecule has 1 saturated heterocycles. The van der Waals surface area contributed by atoms with E-state index in [4.69, 9.17) is 4.74 Å². The van der Waals surface area contributed by atoms with E-state index in [9.17, 15) is 18.0 Å². The Kier molecular flexibility index (Phi) is 7.76. The van der Waals surface area contributed by atoms with Crippen LogP contribution < -0.4 is 9.62 Å². The van der Waals surface area contributed by atoms with Crippen molar-refractivity contribution >= 4 is 33.2 Å². The summed E-state index contributed by atoms with van der Waals surface area (Å²) in [6.07, 6.45) is 1.06. The van der Waals surface area contributed by atoms with Gasteiger partial charge in [0, 0.05) is 24.3 Å². The third-order valence-electron chi connectivity index (χ3n) is 5.58. The highest BCUT2D eigenvalue weighted by molar-refractivity contribution is 7.92. The molecule has 0 bridgehead atoms. The summed E-state index contributed by atoms with van der Waals surface area (Å²) in [6, 6.07) is 12.1. The van der Waals surface area contributed by atoms with E-state index in [1.165, 1.54) is 0 Å². The van der Waals surface area contributed by atoms with Gasteiger partial charge in [-0.2, -0.15) is 0 Å². The number of benzene rings is 2. The highest BCUT2D eigenvalue weighted by atomic mass is 32.2. The Bertz CT molecular complexity index is 1110. The van der Waals surface area contributed by atoms with Crippen LogP contribution in [-0.4, -0.2) is 64.2 Å². The van der Waals surface area contributed by atoms with Gasteiger partial charge >= 0.3 is 0 Å². The maximum atomic E-state index is 12.9. The minimum absolute atomic E-state index is 0.130. The lowest BCUT2D eigenvalue weighted by Crippen LogP contribution is -2.40. The molecule has 0 aliphatic carbocycles. The minimum Gasteiger partial charge on any atom is -0.378 e. The molecule has 2 amide bonds. The molecular formula is C24H31N3O5S. The summed E-state index contributed by atoms with van der Waals surface area (Å²) in [5.41, 5.74) is 3.38. The van der Waals surface area contributed by atoms with E-state index in [0.717, 1.165) is 21.7 Å². The first kappa shape index (κ1) is 24.7. The Labute approximate surface area is 195 Å². The second-order valence-corrected chi connectivity index (χ2v) is 10.4. The molecule has 1 aliphatic rings. The molecule has 2 aromatic rings. The van der Waals surface area contributed by atoms with Crippen LogP contribution >= 0.6 is 0 Å². The highest BCUT2D eigenvalue weighted by Gasteiger charge is 2.23. The lowest BCUT2D eigenvalue weighted by molar-refractivity contribution is -0.114. The summed E-state index contributed by atoms with van der Waals surface area (Å²) in [6.45, 7) is 7.64. The van der Waals surface area contributed by atoms with Gasteiger partial charge in [-0.25, -0.2) is 8.42 Å². The average Bonchev–Trinajstić information content (AvgIpc) is 2.78. The van der Waals surface area contributed by atoms with Gasteiger partial charge in [0.1, 0.15) is 6.54 Å². The Hall–Kier alpha value is -2.91. The number of carbonyl (C=O) groups excluding carboxylic acids is 2. The maximum Gasteiger partial charge on any atom is 0.254 e. The summed E-state index contributed by atoms with van der Waals surface area (Å²) >= 11 is 0. The van der Waals surface area contributed by atoms with Crippen molar-refractivity contribution in [3.63, 3.8) is 0 Å². The van der Waals surface area contributed by atoms with Crippen molar-refractivity contribution in [2.45, 2.75) is 26.7 Å². The molecule has 8 nitrogen and oxygen atoms in total. The molecule has 0 aromatic heterocycles. The third kappa shape index (κ3) is 6.11. The van der Waals surface area contributed by atoms with Crippen molar-refractivity contribution in [1.29, 1.82) is 0 Å². The van der Waals surface area contributed by atoms with E-state index < -0.39 is 15.9 Å². The summed E-state index contributed by atoms with van der Waals surface area (Å²) in [5.74, 6) is -0.373. The second-order valence-electron chi connectivity index (χ2n) is 8.46. The number of hydrogen-bond acceptors (Lipinski definition) is 5. The lowest BCUT2D eigenvalue weighted by Gasteiger charge is -2.27. The number of amides is 2. The molecule has 0 atom stereocenters. The van der Waals surface area contributed by atoms with Crippen molar-refractivity contribution in [3.05, 3.63) is 59.2 Å². The summed E-state index contributed by atoms with van der Waals surface area (Å²) in [4.78, 5) is 27.2. The molecule has 1 heterocycles. The van der Waals surface area contributed by atoms with Crippen LogP contribution in [0.3, 0.4) is 0 Å². The van der Waals surface area contributed by atoms with Crippen molar-refractivity contribution in [1.82, 2.24) is 4.90 Å². The fourth-order valence-corrected chi connectivity index (χ4v) is 4.63. The molecule has 33 heavy (non-hydrogen) atoms. The summed E-state index contributed by atoms with van der Waals surface area (Å²) in [5, 5.41) is 2.89. The molecule has 3 rings (SSSR count). The van der Waals surface area contributed by atoms with E-state index in [0.29, 0.717) is 43.2 Å². The van der Waals surface area contributed by atoms with Gasteiger partial charge in [0.2, 0.25) is 15.9 Å². The van der Waals surface area contributed by atoms with Crippen LogP contribution in [0.25, 0.3) is 0 Å². The van der Waals surface area contributed by atoms with Gasteiger partial charge in [0.15, 0.2) is 0 Å². The minimum atomic E-state index is -3.73. The number of carbonyl (C=O) groups is 2. The van der Waals surface area contributed by atoms with Gasteiger partial charge in [-0.3, -0.25) is 13.9 Å². The molecule has 1 aliphatic heterocycles. The number of anilines is 2. The van der Waals surface area contributed by atoms with Crippen molar-refractivity contribution in [2.24, 2.45) is 0 Å². The first-order chi connectivity index (χ1) is 15.6. The molecule has 2 aromatic carbocycles. The smallest absolute Gasteiger partial charge is 0.254 e. The van der Waals surface area contributed by atoms with Crippen molar-refractivity contribution in [3.8, 4) is 0 Å². The van der Waals surface area contributed by atoms with Gasteiger partial charge in [0.05, 0.1) is 25.2 Å². The predicted octanol–water partition coefficient (Wildman–Crippen LogP) is 3.00. The number of sulfonamides is 1. The maximum absolute atomic E-state index is 12.9. The Morgan fingerprint density at radius 2 is 1.73 bits per heavy atom. The normalized spacial score (nSPS) is 14.3. The molecule has 0 saturated carbocycles. The Morgan fingerprint density at radius 1 is 1.09 bits per heavy atom. The zero-order chi connectivity index (χ0) is 24.2. The number of hydrogen-bond donors (Lipinski definition) is 1. The second kappa shape index (κ2) is 10.4. The lowest BCUT2D eigenvalue weighted by atomic mass is 9.98. The number of aryl methyl sites for hydroxylation is 1. The molecule has 178 valence electrons. The molecule has 1 fully saturated rings. The van der Waals surface area contributed by atoms with Gasteiger partial charge in [-0.1, -0.05) is 32.0 Å². The SMILES string of the molecule is Cc1cccc(C(C)C)c1NC(=O)CN(c1ccc(C(=O)N2CCOCC2)cc1)S(C)(=O)=O. The number of nitrogens with zero attached hydrogens (tertiary/aromatic N) is 2. The third-order valence-corrected chi connectivity index (χ3v) is 6.72. The summed E-state index contributed by atoms with van der Waals surface area (Å²) < 4.78 is 31.3. The zero-order valence-corrected chi connectivity index (χ0v) is 20.3. The van der Waals surface area contributed by atoms with E-state index in [-0.39, 0.29) is 18.4 Å². The number of nitrogens with one attached hydrogen (secondary N) is 1. The van der Waals surface area contributed by atoms with E-state index in [1.807, 2.05) is 39.0 Å². The van der Waals surface area contributed by atoms with E-state index in [2.05, 4.69) is 5.32 Å². The Morgan fingerprint density at radius 3 is 2.30 bits per heavy atom. The van der Waals surface area contributed by atoms with E-state index in [1.54, 1.807) is 29.2 Å². The van der Waals surface area contributed by atoms with E-state index >= 15 is 0 Å². The highest BCUT2D eigenvalue weighted by Crippen LogP contribution is 2.28. The molecule has 0 spiro atoms. The van der Waals surface area contributed by atoms with Crippen LogP contribution in [-0.2, 0) is 19.6 Å². The molecule has 1 N–H and O–H groups in total. The largest absolute Gasteiger partial charge is 0.378 e. The molecular weight excluding hydrogens is 442 g/mol. The summed E-state index contributed by atoms with van der Waals surface area (Å²) in [7, 11) is -3.73. The fourth-order valence-electron chi connectivity index (χ4n) is 3.77. The van der Waals surface area contributed by atoms with Gasteiger partial charge in [-0.15, -0.1) is 0 Å². The van der Waals surface area contributed by atoms with Crippen LogP contribution in [0, 0.1) is 6.92 Å². The van der Waals surface area contributed by atoms with Crippen LogP contribution in [0.15, 0.2) is 42.5 Å². The number of ether oxygens (including phenoxy) is 1. The van der Waals surface area contributed by atoms with Gasteiger partial charge in [-0.05, 0) is 48.2 Å². The zero-order valence-electron chi connectivity index (χ0n) is 19.5. The first-order valence-corrected chi connectivity index (χ1v) is 12.8. The Balaban J connectivity index is 1.78. The fraction of sp³-hybridized carbons (Fsp3) is 0.417. The van der Waals surface area contributed by atoms with Crippen LogP contribution in [0.5, 0.6) is 0 Å². The monoisotopic (exact) mass is 473 g/mol. The van der Waals surface area contributed by atoms with Crippen molar-refractivity contribution in [2.75, 3.05) is 48.7 Å². The first-order valence-electron chi connectivity index (χ1n) is 10.9. The average molecular weight is 474 g/mol. The molecule has 0 radical (unpaired) electrons. The molecule has 9 heteroatoms. The molecule has 0 unspecified atom stereocenters. The topological polar surface area (TPSA) is 96.0 Å².